The van der Waals surface area contributed by atoms with Crippen LogP contribution in [0.3, 0.4) is 0 Å². The zero-order valence-corrected chi connectivity index (χ0v) is 14.5. The summed E-state index contributed by atoms with van der Waals surface area (Å²) in [6.45, 7) is 2.37. The van der Waals surface area contributed by atoms with E-state index >= 15 is 0 Å². The molecule has 0 atom stereocenters. The third-order valence-electron chi connectivity index (χ3n) is 1.66. The van der Waals surface area contributed by atoms with E-state index in [4.69, 9.17) is 5.11 Å². The quantitative estimate of drug-likeness (QED) is 0.510. The number of hydrogen-bond donors (Lipinski definition) is 1. The second-order valence-corrected chi connectivity index (χ2v) is 5.36. The van der Waals surface area contributed by atoms with Crippen LogP contribution in [0.2, 0.25) is 0 Å². The molecule has 0 amide bonds. The van der Waals surface area contributed by atoms with Gasteiger partial charge in [0.1, 0.15) is 0 Å². The van der Waals surface area contributed by atoms with Gasteiger partial charge >= 0.3 is 52.5 Å². The van der Waals surface area contributed by atoms with Crippen molar-refractivity contribution in [3.63, 3.8) is 0 Å². The Bertz CT molecular complexity index is 252. The molecule has 0 spiro atoms. The minimum absolute atomic E-state index is 0. The van der Waals surface area contributed by atoms with E-state index in [1.807, 2.05) is 24.3 Å². The summed E-state index contributed by atoms with van der Waals surface area (Å²) in [5.41, 5.74) is 0. The molecule has 2 aliphatic carbocycles. The number of aliphatic hydroxyl groups excluding tert-OH is 1. The molecule has 0 bridgehead atoms. The fraction of sp³-hybridized carbons (Fsp3) is 0.357. The molecule has 0 radical (unpaired) electrons. The molecular weight excluding hydrogens is 346 g/mol. The maximum atomic E-state index is 8.23. The van der Waals surface area contributed by atoms with Crippen LogP contribution in [0.5, 0.6) is 0 Å². The molecule has 0 aliphatic heterocycles. The van der Waals surface area contributed by atoms with Gasteiger partial charge in [0.2, 0.25) is 0 Å². The number of hydrogen-bond acceptors (Lipinski definition) is 1. The van der Waals surface area contributed by atoms with Gasteiger partial charge < -0.3 is 24.8 Å². The van der Waals surface area contributed by atoms with Gasteiger partial charge in [-0.3, -0.25) is 12.2 Å². The summed E-state index contributed by atoms with van der Waals surface area (Å²) in [5.74, 6) is 0. The van der Waals surface area contributed by atoms with Crippen LogP contribution >= 0.6 is 0 Å². The molecule has 2 rings (SSSR count). The fourth-order valence-corrected chi connectivity index (χ4v) is 1.12. The fourth-order valence-electron chi connectivity index (χ4n) is 0.848. The van der Waals surface area contributed by atoms with Gasteiger partial charge in [0.05, 0.1) is 0 Å². The van der Waals surface area contributed by atoms with Gasteiger partial charge in [-0.05, 0) is 0 Å². The molecule has 4 heteroatoms. The summed E-state index contributed by atoms with van der Waals surface area (Å²) in [4.78, 5) is 0. The standard InChI is InChI=1S/2C5H5.C4H8O.2ClH.Zr/c2*1-2-4-5-3-1;1-2-3-4-5;;;/h2*1-3H,4H2;5H,3-4H2,1H3;2*1H;/q2*-1;;;;+2/p-2. The molecule has 0 saturated carbocycles. The first-order chi connectivity index (χ1) is 7.77. The van der Waals surface area contributed by atoms with Gasteiger partial charge in [-0.15, -0.1) is 12.8 Å². The van der Waals surface area contributed by atoms with Crippen molar-refractivity contribution in [2.45, 2.75) is 26.2 Å². The van der Waals surface area contributed by atoms with Gasteiger partial charge in [0, 0.05) is 0 Å². The van der Waals surface area contributed by atoms with Crippen molar-refractivity contribution in [3.8, 4) is 0 Å². The van der Waals surface area contributed by atoms with Crippen LogP contribution in [-0.4, -0.2) is 14.9 Å². The zero-order chi connectivity index (χ0) is 12.1. The van der Waals surface area contributed by atoms with Gasteiger partial charge in [-0.2, -0.15) is 12.2 Å². The summed E-state index contributed by atoms with van der Waals surface area (Å²) < 4.78 is 1.38. The first kappa shape index (κ1) is 23.4. The summed E-state index contributed by atoms with van der Waals surface area (Å²) in [7, 11) is 0. The molecule has 2 aliphatic rings. The Balaban J connectivity index is -0.000000178. The number of halogens is 2. The SMILES string of the molecule is C[C](=[Zr+2])CCO.[C-]1=CC=CC1.[C-]1=CC=CC1.[Cl-].[Cl-]. The Morgan fingerprint density at radius 3 is 1.61 bits per heavy atom. The summed E-state index contributed by atoms with van der Waals surface area (Å²) >= 11 is 1.44. The minimum atomic E-state index is 0. The van der Waals surface area contributed by atoms with Crippen LogP contribution in [0, 0.1) is 12.2 Å². The minimum Gasteiger partial charge on any atom is -1.00 e. The Morgan fingerprint density at radius 1 is 1.11 bits per heavy atom. The van der Waals surface area contributed by atoms with Gasteiger partial charge in [-0.25, -0.2) is 24.3 Å². The van der Waals surface area contributed by atoms with Crippen LogP contribution in [0.4, 0.5) is 0 Å². The number of rotatable bonds is 2. The molecule has 0 fully saturated rings. The molecule has 18 heavy (non-hydrogen) atoms. The van der Waals surface area contributed by atoms with E-state index in [9.17, 15) is 0 Å². The molecule has 0 heterocycles. The van der Waals surface area contributed by atoms with Crippen LogP contribution in [0.1, 0.15) is 26.2 Å². The third kappa shape index (κ3) is 21.5. The van der Waals surface area contributed by atoms with Gasteiger partial charge in [0.25, 0.3) is 0 Å². The summed E-state index contributed by atoms with van der Waals surface area (Å²) in [6.07, 6.45) is 20.9. The van der Waals surface area contributed by atoms with Crippen LogP contribution in [0.15, 0.2) is 36.5 Å². The molecular formula is C14H18Cl2OZr-2. The molecule has 100 valence electrons. The zero-order valence-electron chi connectivity index (χ0n) is 10.5. The van der Waals surface area contributed by atoms with Gasteiger partial charge in [-0.1, -0.05) is 0 Å². The van der Waals surface area contributed by atoms with Crippen LogP contribution in [-0.2, 0) is 24.2 Å². The average Bonchev–Trinajstić information content (AvgIpc) is 2.98. The average molecular weight is 364 g/mol. The van der Waals surface area contributed by atoms with Crippen LogP contribution in [0.25, 0.3) is 0 Å². The maximum Gasteiger partial charge on any atom is -0.109 e. The molecule has 1 nitrogen and oxygen atoms in total. The largest absolute Gasteiger partial charge is 1.00 e. The summed E-state index contributed by atoms with van der Waals surface area (Å²) in [6, 6.07) is 0. The van der Waals surface area contributed by atoms with E-state index < -0.39 is 0 Å². The van der Waals surface area contributed by atoms with E-state index in [0.717, 1.165) is 19.3 Å². The number of aliphatic hydroxyl groups is 1. The molecule has 1 N–H and O–H groups in total. The Morgan fingerprint density at radius 2 is 1.56 bits per heavy atom. The second-order valence-electron chi connectivity index (χ2n) is 3.26. The van der Waals surface area contributed by atoms with E-state index in [-0.39, 0.29) is 24.8 Å². The van der Waals surface area contributed by atoms with Crippen molar-refractivity contribution < 1.29 is 54.2 Å². The topological polar surface area (TPSA) is 20.2 Å². The maximum absolute atomic E-state index is 8.23. The van der Waals surface area contributed by atoms with Crippen molar-refractivity contribution >= 4 is 3.21 Å². The normalized spacial score (nSPS) is 12.7. The van der Waals surface area contributed by atoms with E-state index in [2.05, 4.69) is 31.2 Å². The summed E-state index contributed by atoms with van der Waals surface area (Å²) in [5, 5.41) is 8.23. The van der Waals surface area contributed by atoms with Crippen molar-refractivity contribution in [1.82, 2.24) is 0 Å². The van der Waals surface area contributed by atoms with Crippen molar-refractivity contribution in [1.29, 1.82) is 0 Å². The second kappa shape index (κ2) is 19.6. The first-order valence-corrected chi connectivity index (χ1v) is 6.58. The Kier molecular flexibility index (Phi) is 25.4. The molecule has 0 saturated heterocycles. The third-order valence-corrected chi connectivity index (χ3v) is 2.27. The van der Waals surface area contributed by atoms with Crippen molar-refractivity contribution in [3.05, 3.63) is 48.6 Å². The van der Waals surface area contributed by atoms with E-state index in [1.54, 1.807) is 0 Å². The molecule has 0 aromatic heterocycles. The Hall–Kier alpha value is 0.253. The predicted molar refractivity (Wildman–Crippen MR) is 65.5 cm³/mol. The Labute approximate surface area is 138 Å². The van der Waals surface area contributed by atoms with E-state index in [0.29, 0.717) is 6.61 Å². The number of allylic oxidation sites excluding steroid dienone is 8. The smallest absolute Gasteiger partial charge is 0.109 e. The van der Waals surface area contributed by atoms with Crippen molar-refractivity contribution in [2.24, 2.45) is 0 Å². The van der Waals surface area contributed by atoms with E-state index in [1.165, 1.54) is 27.4 Å². The monoisotopic (exact) mass is 362 g/mol. The van der Waals surface area contributed by atoms with Crippen LogP contribution < -0.4 is 24.8 Å². The predicted octanol–water partition coefficient (Wildman–Crippen LogP) is -3.27. The molecule has 0 aromatic rings. The molecule has 0 aromatic carbocycles. The molecule has 0 unspecified atom stereocenters. The van der Waals surface area contributed by atoms with Gasteiger partial charge in [0.15, 0.2) is 0 Å². The first-order valence-electron chi connectivity index (χ1n) is 5.35. The van der Waals surface area contributed by atoms with Crippen molar-refractivity contribution in [2.75, 3.05) is 6.61 Å².